The van der Waals surface area contributed by atoms with Gasteiger partial charge in [-0.25, -0.2) is 8.78 Å². The van der Waals surface area contributed by atoms with Crippen molar-refractivity contribution in [2.24, 2.45) is 0 Å². The average molecular weight is 306 g/mol. The maximum Gasteiger partial charge on any atom is 0.253 e. The van der Waals surface area contributed by atoms with Gasteiger partial charge in [-0.2, -0.15) is 0 Å². The number of rotatable bonds is 2. The van der Waals surface area contributed by atoms with Gasteiger partial charge in [0.15, 0.2) is 0 Å². The Labute approximate surface area is 125 Å². The Balaban J connectivity index is 1.94. The highest BCUT2D eigenvalue weighted by Gasteiger charge is 2.09. The van der Waals surface area contributed by atoms with E-state index in [1.807, 2.05) is 0 Å². The lowest BCUT2D eigenvalue weighted by molar-refractivity contribution is 0.0959. The van der Waals surface area contributed by atoms with Gasteiger partial charge >= 0.3 is 0 Å². The van der Waals surface area contributed by atoms with Crippen LogP contribution in [0.4, 0.5) is 8.78 Å². The van der Waals surface area contributed by atoms with Crippen molar-refractivity contribution in [1.82, 2.24) is 5.32 Å². The summed E-state index contributed by atoms with van der Waals surface area (Å²) in [4.78, 5) is 11.8. The van der Waals surface area contributed by atoms with E-state index in [9.17, 15) is 13.6 Å². The summed E-state index contributed by atoms with van der Waals surface area (Å²) in [6.07, 6.45) is 0. The quantitative estimate of drug-likeness (QED) is 0.847. The topological polar surface area (TPSA) is 29.1 Å². The van der Waals surface area contributed by atoms with Gasteiger partial charge in [-0.05, 0) is 42.5 Å². The van der Waals surface area contributed by atoms with Crippen LogP contribution in [-0.2, 0) is 0 Å². The summed E-state index contributed by atoms with van der Waals surface area (Å²) in [5.74, 6) is 4.23. The average Bonchev–Trinajstić information content (AvgIpc) is 2.45. The molecule has 0 fully saturated rings. The van der Waals surface area contributed by atoms with E-state index >= 15 is 0 Å². The van der Waals surface area contributed by atoms with Crippen LogP contribution in [0.15, 0.2) is 42.5 Å². The smallest absolute Gasteiger partial charge is 0.253 e. The molecule has 2 aromatic carbocycles. The molecule has 0 heterocycles. The van der Waals surface area contributed by atoms with Crippen LogP contribution in [-0.4, -0.2) is 12.5 Å². The number of carbonyl (C=O) groups excluding carboxylic acids is 1. The molecule has 1 amide bonds. The van der Waals surface area contributed by atoms with Crippen LogP contribution in [0.3, 0.4) is 0 Å². The zero-order valence-corrected chi connectivity index (χ0v) is 11.5. The van der Waals surface area contributed by atoms with Gasteiger partial charge in [0, 0.05) is 5.56 Å². The Hall–Kier alpha value is -2.38. The highest BCUT2D eigenvalue weighted by Crippen LogP contribution is 2.16. The molecule has 0 aromatic heterocycles. The third-order valence-electron chi connectivity index (χ3n) is 2.59. The van der Waals surface area contributed by atoms with Gasteiger partial charge in [-0.3, -0.25) is 4.79 Å². The molecule has 1 N–H and O–H groups in total. The third kappa shape index (κ3) is 4.30. The van der Waals surface area contributed by atoms with Crippen molar-refractivity contribution in [2.75, 3.05) is 6.54 Å². The van der Waals surface area contributed by atoms with Gasteiger partial charge in [0.25, 0.3) is 5.91 Å². The molecule has 5 heteroatoms. The summed E-state index contributed by atoms with van der Waals surface area (Å²) >= 11 is 5.78. The maximum absolute atomic E-state index is 12.9. The Morgan fingerprint density at radius 1 is 1.10 bits per heavy atom. The zero-order chi connectivity index (χ0) is 15.2. The lowest BCUT2D eigenvalue weighted by Crippen LogP contribution is -2.23. The number of carbonyl (C=O) groups is 1. The molecule has 2 nitrogen and oxygen atoms in total. The molecule has 0 bridgehead atoms. The Kier molecular flexibility index (Phi) is 4.91. The van der Waals surface area contributed by atoms with Crippen LogP contribution in [0, 0.1) is 23.5 Å². The number of halogens is 3. The van der Waals surface area contributed by atoms with E-state index in [2.05, 4.69) is 17.2 Å². The Bertz CT molecular complexity index is 717. The molecule has 106 valence electrons. The van der Waals surface area contributed by atoms with E-state index in [4.69, 9.17) is 11.6 Å². The van der Waals surface area contributed by atoms with Crippen LogP contribution in [0.5, 0.6) is 0 Å². The fourth-order valence-corrected chi connectivity index (χ4v) is 1.83. The second-order valence-corrected chi connectivity index (χ2v) is 4.52. The lowest BCUT2D eigenvalue weighted by atomic mass is 10.2. The van der Waals surface area contributed by atoms with E-state index in [1.165, 1.54) is 18.2 Å². The predicted octanol–water partition coefficient (Wildman–Crippen LogP) is 3.40. The van der Waals surface area contributed by atoms with Gasteiger partial charge < -0.3 is 5.32 Å². The summed E-state index contributed by atoms with van der Waals surface area (Å²) in [7, 11) is 0. The monoisotopic (exact) mass is 305 g/mol. The van der Waals surface area contributed by atoms with E-state index in [1.54, 1.807) is 12.1 Å². The largest absolute Gasteiger partial charge is 0.341 e. The fourth-order valence-electron chi connectivity index (χ4n) is 1.57. The number of nitrogens with one attached hydrogen (secondary N) is 1. The SMILES string of the molecule is O=C(NCC#Cc1ccc(F)cc1)c1ccc(F)cc1Cl. The van der Waals surface area contributed by atoms with E-state index in [-0.39, 0.29) is 22.9 Å². The number of amides is 1. The molecule has 2 rings (SSSR count). The van der Waals surface area contributed by atoms with Crippen LogP contribution in [0.1, 0.15) is 15.9 Å². The van der Waals surface area contributed by atoms with Crippen LogP contribution >= 0.6 is 11.6 Å². The number of hydrogen-bond donors (Lipinski definition) is 1. The molecule has 0 saturated carbocycles. The predicted molar refractivity (Wildman–Crippen MR) is 77.0 cm³/mol. The van der Waals surface area contributed by atoms with E-state index in [0.717, 1.165) is 12.1 Å². The van der Waals surface area contributed by atoms with Gasteiger partial charge in [-0.15, -0.1) is 0 Å². The maximum atomic E-state index is 12.9. The highest BCUT2D eigenvalue weighted by molar-refractivity contribution is 6.33. The normalized spacial score (nSPS) is 9.67. The van der Waals surface area contributed by atoms with Gasteiger partial charge in [-0.1, -0.05) is 23.4 Å². The minimum Gasteiger partial charge on any atom is -0.341 e. The van der Waals surface area contributed by atoms with Gasteiger partial charge in [0.1, 0.15) is 11.6 Å². The first-order chi connectivity index (χ1) is 10.1. The van der Waals surface area contributed by atoms with Crippen molar-refractivity contribution < 1.29 is 13.6 Å². The first kappa shape index (κ1) is 15.0. The first-order valence-corrected chi connectivity index (χ1v) is 6.42. The molecule has 0 aliphatic rings. The number of benzene rings is 2. The van der Waals surface area contributed by atoms with Crippen molar-refractivity contribution >= 4 is 17.5 Å². The van der Waals surface area contributed by atoms with Crippen molar-refractivity contribution in [3.05, 3.63) is 70.2 Å². The molecule has 21 heavy (non-hydrogen) atoms. The second kappa shape index (κ2) is 6.87. The molecule has 0 unspecified atom stereocenters. The Morgan fingerprint density at radius 3 is 2.43 bits per heavy atom. The van der Waals surface area contributed by atoms with Crippen molar-refractivity contribution in [1.29, 1.82) is 0 Å². The van der Waals surface area contributed by atoms with E-state index < -0.39 is 11.7 Å². The molecular formula is C16H10ClF2NO. The standard InChI is InChI=1S/C16H10ClF2NO/c17-15-10-13(19)7-8-14(15)16(21)20-9-1-2-11-3-5-12(18)6-4-11/h3-8,10H,9H2,(H,20,21). The lowest BCUT2D eigenvalue weighted by Gasteiger charge is -2.03. The molecule has 0 spiro atoms. The molecule has 0 aliphatic carbocycles. The highest BCUT2D eigenvalue weighted by atomic mass is 35.5. The van der Waals surface area contributed by atoms with Crippen molar-refractivity contribution in [2.45, 2.75) is 0 Å². The van der Waals surface area contributed by atoms with Crippen LogP contribution in [0.2, 0.25) is 5.02 Å². The van der Waals surface area contributed by atoms with Crippen LogP contribution in [0.25, 0.3) is 0 Å². The summed E-state index contributed by atoms with van der Waals surface area (Å²) in [5, 5.41) is 2.59. The number of hydrogen-bond acceptors (Lipinski definition) is 1. The van der Waals surface area contributed by atoms with E-state index in [0.29, 0.717) is 5.56 Å². The molecule has 0 saturated heterocycles. The molecule has 0 atom stereocenters. The molecule has 0 aliphatic heterocycles. The van der Waals surface area contributed by atoms with Crippen molar-refractivity contribution in [3.63, 3.8) is 0 Å². The summed E-state index contributed by atoms with van der Waals surface area (Å²) in [6, 6.07) is 9.23. The minimum absolute atomic E-state index is 0.0407. The van der Waals surface area contributed by atoms with Gasteiger partial charge in [0.2, 0.25) is 0 Å². The second-order valence-electron chi connectivity index (χ2n) is 4.12. The van der Waals surface area contributed by atoms with Crippen molar-refractivity contribution in [3.8, 4) is 11.8 Å². The summed E-state index contributed by atoms with van der Waals surface area (Å²) < 4.78 is 25.6. The fraction of sp³-hybridized carbons (Fsp3) is 0.0625. The van der Waals surface area contributed by atoms with Gasteiger partial charge in [0.05, 0.1) is 17.1 Å². The first-order valence-electron chi connectivity index (χ1n) is 6.04. The zero-order valence-electron chi connectivity index (χ0n) is 10.8. The molecular weight excluding hydrogens is 296 g/mol. The van der Waals surface area contributed by atoms with Crippen LogP contribution < -0.4 is 5.32 Å². The molecule has 2 aromatic rings. The Morgan fingerprint density at radius 2 is 1.76 bits per heavy atom. The minimum atomic E-state index is -0.507. The summed E-state index contributed by atoms with van der Waals surface area (Å²) in [5.41, 5.74) is 0.826. The molecule has 0 radical (unpaired) electrons. The summed E-state index contributed by atoms with van der Waals surface area (Å²) in [6.45, 7) is 0.101. The third-order valence-corrected chi connectivity index (χ3v) is 2.90.